The van der Waals surface area contributed by atoms with Crippen molar-refractivity contribution in [2.75, 3.05) is 0 Å². The molecule has 0 saturated carbocycles. The van der Waals surface area contributed by atoms with E-state index in [1.54, 1.807) is 12.1 Å². The Morgan fingerprint density at radius 3 is 2.50 bits per heavy atom. The quantitative estimate of drug-likeness (QED) is 0.846. The number of pyridine rings is 1. The molecule has 7 heteroatoms. The molecule has 0 atom stereocenters. The van der Waals surface area contributed by atoms with Gasteiger partial charge in [-0.1, -0.05) is 29.3 Å². The van der Waals surface area contributed by atoms with Gasteiger partial charge in [0.05, 0.1) is 0 Å². The Hall–Kier alpha value is -1.98. The molecule has 0 aliphatic heterocycles. The summed E-state index contributed by atoms with van der Waals surface area (Å²) in [5.41, 5.74) is 0.341. The lowest BCUT2D eigenvalue weighted by molar-refractivity contribution is 0.0688. The van der Waals surface area contributed by atoms with Crippen LogP contribution in [0.25, 0.3) is 0 Å². The molecule has 0 saturated heterocycles. The molecule has 1 heterocycles. The smallest absolute Gasteiger partial charge is 0.343 e. The lowest BCUT2D eigenvalue weighted by Crippen LogP contribution is -2.04. The van der Waals surface area contributed by atoms with Crippen molar-refractivity contribution in [3.8, 4) is 11.5 Å². The summed E-state index contributed by atoms with van der Waals surface area (Å²) in [6.07, 6.45) is 0. The third-order valence-electron chi connectivity index (χ3n) is 2.44. The highest BCUT2D eigenvalue weighted by Gasteiger charge is 2.16. The zero-order valence-corrected chi connectivity index (χ0v) is 11.5. The maximum absolute atomic E-state index is 11.1. The predicted molar refractivity (Wildman–Crippen MR) is 73.7 cm³/mol. The van der Waals surface area contributed by atoms with E-state index in [0.29, 0.717) is 5.56 Å². The first-order valence-corrected chi connectivity index (χ1v) is 6.23. The molecule has 0 fully saturated rings. The van der Waals surface area contributed by atoms with E-state index < -0.39 is 5.97 Å². The van der Waals surface area contributed by atoms with Crippen molar-refractivity contribution in [3.63, 3.8) is 0 Å². The number of nitrogens with zero attached hydrogens (tertiary/aromatic N) is 1. The van der Waals surface area contributed by atoms with E-state index in [1.807, 2.05) is 0 Å². The normalized spacial score (nSPS) is 10.3. The van der Waals surface area contributed by atoms with Crippen molar-refractivity contribution in [3.05, 3.63) is 51.8 Å². The van der Waals surface area contributed by atoms with Crippen LogP contribution in [0.3, 0.4) is 0 Å². The fourth-order valence-corrected chi connectivity index (χ4v) is 2.12. The molecular weight excluding hydrogens is 305 g/mol. The Balaban J connectivity index is 2.23. The molecule has 0 bridgehead atoms. The molecular formula is C13H9Cl2NO4. The largest absolute Gasteiger partial charge is 0.507 e. The molecule has 0 aliphatic rings. The Morgan fingerprint density at radius 1 is 1.25 bits per heavy atom. The molecule has 104 valence electrons. The van der Waals surface area contributed by atoms with Crippen molar-refractivity contribution >= 4 is 29.2 Å². The third kappa shape index (κ3) is 3.31. The van der Waals surface area contributed by atoms with E-state index in [9.17, 15) is 9.90 Å². The second-order valence-electron chi connectivity index (χ2n) is 3.86. The van der Waals surface area contributed by atoms with Gasteiger partial charge in [0.15, 0.2) is 0 Å². The number of carboxylic acid groups (broad SMARTS) is 1. The molecule has 2 N–H and O–H groups in total. The van der Waals surface area contributed by atoms with Gasteiger partial charge in [-0.15, -0.1) is 0 Å². The molecule has 2 aromatic rings. The van der Waals surface area contributed by atoms with Gasteiger partial charge in [-0.3, -0.25) is 0 Å². The second kappa shape index (κ2) is 5.98. The Labute approximate surface area is 124 Å². The van der Waals surface area contributed by atoms with Gasteiger partial charge in [-0.25, -0.2) is 9.78 Å². The summed E-state index contributed by atoms with van der Waals surface area (Å²) in [5, 5.41) is 19.0. The van der Waals surface area contributed by atoms with Crippen molar-refractivity contribution in [1.82, 2.24) is 4.98 Å². The molecule has 0 aliphatic carbocycles. The number of aromatic hydroxyl groups is 1. The number of aromatic nitrogens is 1. The Kier molecular flexibility index (Phi) is 4.32. The van der Waals surface area contributed by atoms with Gasteiger partial charge >= 0.3 is 5.97 Å². The highest BCUT2D eigenvalue weighted by atomic mass is 35.5. The number of hydrogen-bond donors (Lipinski definition) is 2. The number of phenols is 1. The highest BCUT2D eigenvalue weighted by Crippen LogP contribution is 2.28. The molecule has 1 aromatic carbocycles. The minimum Gasteiger partial charge on any atom is -0.507 e. The topological polar surface area (TPSA) is 79.7 Å². The fourth-order valence-electron chi connectivity index (χ4n) is 1.61. The number of halogens is 2. The van der Waals surface area contributed by atoms with E-state index >= 15 is 0 Å². The zero-order chi connectivity index (χ0) is 14.7. The molecule has 0 amide bonds. The SMILES string of the molecule is O=C(O)c1c(O)cccc1OCc1cc(Cl)nc(Cl)c1. The van der Waals surface area contributed by atoms with Crippen LogP contribution in [-0.4, -0.2) is 21.2 Å². The number of hydrogen-bond acceptors (Lipinski definition) is 4. The van der Waals surface area contributed by atoms with Crippen LogP contribution in [0.4, 0.5) is 0 Å². The second-order valence-corrected chi connectivity index (χ2v) is 4.64. The van der Waals surface area contributed by atoms with E-state index in [4.69, 9.17) is 33.0 Å². The number of carboxylic acids is 1. The van der Waals surface area contributed by atoms with Gasteiger partial charge in [-0.05, 0) is 29.8 Å². The fraction of sp³-hybridized carbons (Fsp3) is 0.0769. The van der Waals surface area contributed by atoms with Crippen LogP contribution in [0.15, 0.2) is 30.3 Å². The van der Waals surface area contributed by atoms with Gasteiger partial charge in [-0.2, -0.15) is 0 Å². The van der Waals surface area contributed by atoms with Crippen molar-refractivity contribution < 1.29 is 19.7 Å². The first-order valence-electron chi connectivity index (χ1n) is 5.47. The molecule has 0 unspecified atom stereocenters. The van der Waals surface area contributed by atoms with Crippen LogP contribution < -0.4 is 4.74 Å². The average molecular weight is 314 g/mol. The van der Waals surface area contributed by atoms with Crippen LogP contribution in [0.5, 0.6) is 11.5 Å². The third-order valence-corrected chi connectivity index (χ3v) is 2.82. The average Bonchev–Trinajstić information content (AvgIpc) is 2.34. The predicted octanol–water partition coefficient (Wildman–Crippen LogP) is 3.37. The van der Waals surface area contributed by atoms with Gasteiger partial charge in [0, 0.05) is 0 Å². The lowest BCUT2D eigenvalue weighted by Gasteiger charge is -2.10. The number of aromatic carboxylic acids is 1. The number of ether oxygens (including phenoxy) is 1. The lowest BCUT2D eigenvalue weighted by atomic mass is 10.2. The van der Waals surface area contributed by atoms with Crippen molar-refractivity contribution in [2.24, 2.45) is 0 Å². The van der Waals surface area contributed by atoms with Gasteiger partial charge < -0.3 is 14.9 Å². The molecule has 0 spiro atoms. The van der Waals surface area contributed by atoms with E-state index in [1.165, 1.54) is 18.2 Å². The maximum atomic E-state index is 11.1. The molecule has 1 aromatic heterocycles. The maximum Gasteiger partial charge on any atom is 0.343 e. The summed E-state index contributed by atoms with van der Waals surface area (Å²) in [7, 11) is 0. The van der Waals surface area contributed by atoms with Crippen LogP contribution in [0.1, 0.15) is 15.9 Å². The Morgan fingerprint density at radius 2 is 1.90 bits per heavy atom. The van der Waals surface area contributed by atoms with Crippen molar-refractivity contribution in [2.45, 2.75) is 6.61 Å². The first kappa shape index (κ1) is 14.4. The van der Waals surface area contributed by atoms with Gasteiger partial charge in [0.1, 0.15) is 34.0 Å². The highest BCUT2D eigenvalue weighted by molar-refractivity contribution is 6.32. The summed E-state index contributed by atoms with van der Waals surface area (Å²) in [4.78, 5) is 14.9. The molecule has 0 radical (unpaired) electrons. The number of benzene rings is 1. The van der Waals surface area contributed by atoms with Crippen LogP contribution in [-0.2, 0) is 6.61 Å². The first-order chi connectivity index (χ1) is 9.47. The minimum absolute atomic E-state index is 0.0473. The van der Waals surface area contributed by atoms with Gasteiger partial charge in [0.25, 0.3) is 0 Å². The van der Waals surface area contributed by atoms with Crippen molar-refractivity contribution in [1.29, 1.82) is 0 Å². The zero-order valence-electron chi connectivity index (χ0n) is 10.0. The van der Waals surface area contributed by atoms with Crippen LogP contribution >= 0.6 is 23.2 Å². The monoisotopic (exact) mass is 313 g/mol. The minimum atomic E-state index is -1.27. The summed E-state index contributed by atoms with van der Waals surface area (Å²) < 4.78 is 5.39. The standard InChI is InChI=1S/C13H9Cl2NO4/c14-10-4-7(5-11(15)16-10)6-20-9-3-1-2-8(17)12(9)13(18)19/h1-5,17H,6H2,(H,18,19). The molecule has 20 heavy (non-hydrogen) atoms. The van der Waals surface area contributed by atoms with Crippen LogP contribution in [0, 0.1) is 0 Å². The summed E-state index contributed by atoms with van der Waals surface area (Å²) in [5.74, 6) is -1.58. The number of carbonyl (C=O) groups is 1. The van der Waals surface area contributed by atoms with Crippen LogP contribution in [0.2, 0.25) is 10.3 Å². The van der Waals surface area contributed by atoms with E-state index in [2.05, 4.69) is 4.98 Å². The molecule has 5 nitrogen and oxygen atoms in total. The Bertz CT molecular complexity index is 641. The van der Waals surface area contributed by atoms with E-state index in [-0.39, 0.29) is 34.0 Å². The summed E-state index contributed by atoms with van der Waals surface area (Å²) in [6, 6.07) is 7.32. The van der Waals surface area contributed by atoms with Gasteiger partial charge in [0.2, 0.25) is 0 Å². The summed E-state index contributed by atoms with van der Waals surface area (Å²) >= 11 is 11.5. The summed E-state index contributed by atoms with van der Waals surface area (Å²) in [6.45, 7) is 0.0473. The molecule has 2 rings (SSSR count). The van der Waals surface area contributed by atoms with E-state index in [0.717, 1.165) is 0 Å². The number of rotatable bonds is 4.